The number of thiophene rings is 1. The third kappa shape index (κ3) is 3.96. The summed E-state index contributed by atoms with van der Waals surface area (Å²) in [4.78, 5) is 26.0. The summed E-state index contributed by atoms with van der Waals surface area (Å²) in [5, 5.41) is 16.6. The number of carbonyl (C=O) groups is 2. The fourth-order valence-electron chi connectivity index (χ4n) is 4.76. The van der Waals surface area contributed by atoms with Gasteiger partial charge in [0.25, 0.3) is 5.91 Å². The van der Waals surface area contributed by atoms with Crippen molar-refractivity contribution in [1.82, 2.24) is 0 Å². The highest BCUT2D eigenvalue weighted by Crippen LogP contribution is 2.52. The van der Waals surface area contributed by atoms with Crippen LogP contribution in [0, 0.1) is 5.41 Å². The van der Waals surface area contributed by atoms with Gasteiger partial charge in [-0.3, -0.25) is 4.79 Å². The zero-order valence-electron chi connectivity index (χ0n) is 17.8. The van der Waals surface area contributed by atoms with Gasteiger partial charge in [0.2, 0.25) is 0 Å². The Hall–Kier alpha value is -2.38. The van der Waals surface area contributed by atoms with Crippen LogP contribution in [0.2, 0.25) is 0 Å². The number of rotatable bonds is 5. The molecule has 0 saturated carbocycles. The minimum Gasteiger partial charge on any atom is -0.478 e. The fraction of sp³-hybridized carbons (Fsp3) is 0.478. The first-order valence-corrected chi connectivity index (χ1v) is 11.0. The van der Waals surface area contributed by atoms with Gasteiger partial charge in [0.05, 0.1) is 24.8 Å². The molecule has 1 saturated heterocycles. The van der Waals surface area contributed by atoms with E-state index in [4.69, 9.17) is 4.74 Å². The van der Waals surface area contributed by atoms with Crippen LogP contribution in [0.25, 0.3) is 0 Å². The lowest BCUT2D eigenvalue weighted by Crippen LogP contribution is -2.40. The van der Waals surface area contributed by atoms with Gasteiger partial charge in [-0.25, -0.2) is 4.79 Å². The number of carboxylic acid groups (broad SMARTS) is 1. The molecule has 1 amide bonds. The number of fused-ring (bicyclic) bond motifs is 1. The van der Waals surface area contributed by atoms with Gasteiger partial charge in [0.1, 0.15) is 5.00 Å². The molecule has 0 radical (unpaired) electrons. The molecule has 0 spiro atoms. The quantitative estimate of drug-likeness (QED) is 0.639. The molecule has 6 nitrogen and oxygen atoms in total. The maximum absolute atomic E-state index is 12.9. The number of nitrogens with one attached hydrogen (secondary N) is 2. The van der Waals surface area contributed by atoms with E-state index < -0.39 is 5.97 Å². The van der Waals surface area contributed by atoms with Gasteiger partial charge in [-0.1, -0.05) is 27.7 Å². The van der Waals surface area contributed by atoms with Gasteiger partial charge >= 0.3 is 5.97 Å². The molecule has 160 valence electrons. The molecule has 1 aliphatic heterocycles. The molecule has 1 fully saturated rings. The van der Waals surface area contributed by atoms with E-state index in [0.29, 0.717) is 36.2 Å². The summed E-state index contributed by atoms with van der Waals surface area (Å²) < 4.78 is 5.15. The minimum absolute atomic E-state index is 0.0113. The van der Waals surface area contributed by atoms with Crippen LogP contribution in [0.15, 0.2) is 24.3 Å². The largest absolute Gasteiger partial charge is 0.478 e. The van der Waals surface area contributed by atoms with Crippen molar-refractivity contribution in [2.45, 2.75) is 52.0 Å². The first kappa shape index (κ1) is 20.9. The van der Waals surface area contributed by atoms with Crippen molar-refractivity contribution >= 4 is 33.9 Å². The third-order valence-corrected chi connectivity index (χ3v) is 7.31. The molecular weight excluding hydrogens is 400 g/mol. The zero-order chi connectivity index (χ0) is 21.7. The Morgan fingerprint density at radius 1 is 1.13 bits per heavy atom. The second-order valence-electron chi connectivity index (χ2n) is 9.73. The maximum atomic E-state index is 12.9. The molecule has 30 heavy (non-hydrogen) atoms. The highest BCUT2D eigenvalue weighted by molar-refractivity contribution is 7.17. The number of amides is 1. The van der Waals surface area contributed by atoms with Gasteiger partial charge in [-0.2, -0.15) is 0 Å². The first-order valence-electron chi connectivity index (χ1n) is 10.2. The number of carboxylic acids is 1. The van der Waals surface area contributed by atoms with E-state index in [1.807, 2.05) is 12.1 Å². The molecule has 3 N–H and O–H groups in total. The number of ether oxygens (including phenoxy) is 1. The van der Waals surface area contributed by atoms with E-state index in [-0.39, 0.29) is 22.3 Å². The lowest BCUT2D eigenvalue weighted by Gasteiger charge is -2.40. The Kier molecular flexibility index (Phi) is 5.14. The number of benzene rings is 1. The van der Waals surface area contributed by atoms with E-state index in [1.165, 1.54) is 11.3 Å². The minimum atomic E-state index is -0.987. The molecule has 2 heterocycles. The van der Waals surface area contributed by atoms with Crippen molar-refractivity contribution in [1.29, 1.82) is 0 Å². The van der Waals surface area contributed by atoms with Crippen LogP contribution in [0.3, 0.4) is 0 Å². The summed E-state index contributed by atoms with van der Waals surface area (Å²) in [6.45, 7) is 10.0. The summed E-state index contributed by atoms with van der Waals surface area (Å²) in [6.07, 6.45) is 1.67. The molecule has 1 aromatic carbocycles. The summed E-state index contributed by atoms with van der Waals surface area (Å²) in [5.41, 5.74) is 2.42. The number of carbonyl (C=O) groups excluding carboxylic acids is 1. The standard InChI is InChI=1S/C23H28N2O4S/c1-22(2)9-16-17(21(27)28)20(30-18(16)23(3,4)12-22)25-19(26)13-5-7-14(8-6-13)24-15-10-29-11-15/h5-8,15,24H,9-12H2,1-4H3,(H,25,26)(H,27,28). The monoisotopic (exact) mass is 428 g/mol. The molecule has 4 rings (SSSR count). The molecule has 2 aromatic rings. The van der Waals surface area contributed by atoms with Crippen molar-refractivity contribution in [2.24, 2.45) is 5.41 Å². The van der Waals surface area contributed by atoms with Crippen LogP contribution in [0.4, 0.5) is 10.7 Å². The third-order valence-electron chi connectivity index (χ3n) is 5.79. The number of hydrogen-bond donors (Lipinski definition) is 3. The van der Waals surface area contributed by atoms with E-state index >= 15 is 0 Å². The van der Waals surface area contributed by atoms with Crippen LogP contribution in [0.5, 0.6) is 0 Å². The molecule has 1 aliphatic carbocycles. The van der Waals surface area contributed by atoms with Gasteiger partial charge in [0.15, 0.2) is 0 Å². The van der Waals surface area contributed by atoms with Crippen molar-refractivity contribution in [2.75, 3.05) is 23.8 Å². The Labute approximate surface area is 180 Å². The summed E-state index contributed by atoms with van der Waals surface area (Å²) in [7, 11) is 0. The van der Waals surface area contributed by atoms with Crippen molar-refractivity contribution in [3.63, 3.8) is 0 Å². The Morgan fingerprint density at radius 2 is 1.80 bits per heavy atom. The number of anilines is 2. The highest BCUT2D eigenvalue weighted by Gasteiger charge is 2.42. The van der Waals surface area contributed by atoms with Gasteiger partial charge in [-0.05, 0) is 53.5 Å². The topological polar surface area (TPSA) is 87.7 Å². The predicted octanol–water partition coefficient (Wildman–Crippen LogP) is 4.76. The Balaban J connectivity index is 1.59. The van der Waals surface area contributed by atoms with E-state index in [0.717, 1.165) is 22.5 Å². The van der Waals surface area contributed by atoms with Gasteiger partial charge in [0, 0.05) is 16.1 Å². The molecule has 1 aromatic heterocycles. The lowest BCUT2D eigenvalue weighted by molar-refractivity contribution is 0.0211. The summed E-state index contributed by atoms with van der Waals surface area (Å²) in [6, 6.07) is 7.52. The van der Waals surface area contributed by atoms with Crippen LogP contribution >= 0.6 is 11.3 Å². The average molecular weight is 429 g/mol. The predicted molar refractivity (Wildman–Crippen MR) is 119 cm³/mol. The first-order chi connectivity index (χ1) is 14.1. The van der Waals surface area contributed by atoms with Gasteiger partial charge in [-0.15, -0.1) is 11.3 Å². The molecular formula is C23H28N2O4S. The zero-order valence-corrected chi connectivity index (χ0v) is 18.6. The molecule has 0 bridgehead atoms. The van der Waals surface area contributed by atoms with Crippen LogP contribution in [-0.2, 0) is 16.6 Å². The van der Waals surface area contributed by atoms with E-state index in [1.54, 1.807) is 12.1 Å². The maximum Gasteiger partial charge on any atom is 0.339 e. The normalized spacial score (nSPS) is 19.5. The molecule has 0 unspecified atom stereocenters. The molecule has 7 heteroatoms. The number of hydrogen-bond acceptors (Lipinski definition) is 5. The van der Waals surface area contributed by atoms with Gasteiger partial charge < -0.3 is 20.5 Å². The van der Waals surface area contributed by atoms with Crippen molar-refractivity contribution in [3.05, 3.63) is 45.8 Å². The fourth-order valence-corrected chi connectivity index (χ4v) is 6.07. The summed E-state index contributed by atoms with van der Waals surface area (Å²) in [5.74, 6) is -1.29. The molecule has 0 atom stereocenters. The smallest absolute Gasteiger partial charge is 0.339 e. The summed E-state index contributed by atoms with van der Waals surface area (Å²) >= 11 is 1.40. The van der Waals surface area contributed by atoms with Crippen LogP contribution in [0.1, 0.15) is 65.3 Å². The average Bonchev–Trinajstić information content (AvgIpc) is 2.95. The number of aromatic carboxylic acids is 1. The second kappa shape index (κ2) is 7.39. The molecule has 2 aliphatic rings. The lowest BCUT2D eigenvalue weighted by atomic mass is 9.65. The SMILES string of the molecule is CC1(C)Cc2c(sc(NC(=O)c3ccc(NC4COC4)cc3)c2C(=O)O)C(C)(C)C1. The Morgan fingerprint density at radius 3 is 2.37 bits per heavy atom. The highest BCUT2D eigenvalue weighted by atomic mass is 32.1. The van der Waals surface area contributed by atoms with E-state index in [2.05, 4.69) is 38.3 Å². The second-order valence-corrected chi connectivity index (χ2v) is 10.8. The van der Waals surface area contributed by atoms with Crippen LogP contribution < -0.4 is 10.6 Å². The van der Waals surface area contributed by atoms with E-state index in [9.17, 15) is 14.7 Å². The van der Waals surface area contributed by atoms with Crippen molar-refractivity contribution in [3.8, 4) is 0 Å². The van der Waals surface area contributed by atoms with Crippen LogP contribution in [-0.4, -0.2) is 36.2 Å². The Bertz CT molecular complexity index is 987. The van der Waals surface area contributed by atoms with Crippen molar-refractivity contribution < 1.29 is 19.4 Å².